The summed E-state index contributed by atoms with van der Waals surface area (Å²) in [5.41, 5.74) is 1.09. The van der Waals surface area contributed by atoms with Crippen molar-refractivity contribution in [1.29, 1.82) is 0 Å². The molecule has 0 aromatic heterocycles. The van der Waals surface area contributed by atoms with Gasteiger partial charge in [-0.05, 0) is 49.3 Å². The van der Waals surface area contributed by atoms with Gasteiger partial charge in [0.05, 0.1) is 11.8 Å². The highest BCUT2D eigenvalue weighted by Gasteiger charge is 2.51. The van der Waals surface area contributed by atoms with E-state index in [9.17, 15) is 19.5 Å². The van der Waals surface area contributed by atoms with Crippen molar-refractivity contribution in [1.82, 2.24) is 4.90 Å². The SMILES string of the molecule is O=C(O)[C@H]1[C@H](C(=O)Nc2cccc(C(=O)N3CCCC3)c2)[C@H]2C=C[C@H]1C2. The number of anilines is 1. The van der Waals surface area contributed by atoms with E-state index < -0.39 is 17.8 Å². The second-order valence-corrected chi connectivity index (χ2v) is 7.41. The summed E-state index contributed by atoms with van der Waals surface area (Å²) in [6, 6.07) is 6.90. The molecule has 1 saturated carbocycles. The molecular weight excluding hydrogens is 332 g/mol. The van der Waals surface area contributed by atoms with E-state index in [2.05, 4.69) is 5.32 Å². The molecule has 1 aromatic carbocycles. The summed E-state index contributed by atoms with van der Waals surface area (Å²) in [6.07, 6.45) is 6.65. The molecule has 0 spiro atoms. The lowest BCUT2D eigenvalue weighted by Crippen LogP contribution is -2.36. The van der Waals surface area contributed by atoms with Crippen LogP contribution in [0.15, 0.2) is 36.4 Å². The highest BCUT2D eigenvalue weighted by Crippen LogP contribution is 2.48. The number of amides is 2. The largest absolute Gasteiger partial charge is 0.481 e. The summed E-state index contributed by atoms with van der Waals surface area (Å²) in [7, 11) is 0. The number of nitrogens with one attached hydrogen (secondary N) is 1. The summed E-state index contributed by atoms with van der Waals surface area (Å²) in [4.78, 5) is 38.7. The first-order valence-corrected chi connectivity index (χ1v) is 9.16. The zero-order valence-corrected chi connectivity index (χ0v) is 14.4. The van der Waals surface area contributed by atoms with Gasteiger partial charge in [0.1, 0.15) is 0 Å². The maximum atomic E-state index is 12.8. The minimum Gasteiger partial charge on any atom is -0.481 e. The number of hydrogen-bond donors (Lipinski definition) is 2. The molecule has 0 radical (unpaired) electrons. The van der Waals surface area contributed by atoms with E-state index in [1.165, 1.54) is 0 Å². The van der Waals surface area contributed by atoms with E-state index >= 15 is 0 Å². The molecule has 2 bridgehead atoms. The number of rotatable bonds is 4. The molecule has 6 nitrogen and oxygen atoms in total. The Hall–Kier alpha value is -2.63. The van der Waals surface area contributed by atoms with Crippen molar-refractivity contribution in [3.8, 4) is 0 Å². The Balaban J connectivity index is 1.49. The predicted octanol–water partition coefficient (Wildman–Crippen LogP) is 2.38. The Morgan fingerprint density at radius 3 is 2.42 bits per heavy atom. The summed E-state index contributed by atoms with van der Waals surface area (Å²) in [5, 5.41) is 12.3. The molecule has 2 fully saturated rings. The summed E-state index contributed by atoms with van der Waals surface area (Å²) in [5.74, 6) is -2.52. The van der Waals surface area contributed by atoms with Crippen LogP contribution in [0.1, 0.15) is 29.6 Å². The van der Waals surface area contributed by atoms with Gasteiger partial charge >= 0.3 is 5.97 Å². The van der Waals surface area contributed by atoms with Gasteiger partial charge in [0.15, 0.2) is 0 Å². The van der Waals surface area contributed by atoms with Crippen LogP contribution in [0, 0.1) is 23.7 Å². The zero-order valence-electron chi connectivity index (χ0n) is 14.4. The molecule has 136 valence electrons. The van der Waals surface area contributed by atoms with E-state index in [0.29, 0.717) is 11.3 Å². The van der Waals surface area contributed by atoms with Crippen LogP contribution in [0.25, 0.3) is 0 Å². The molecule has 0 unspecified atom stereocenters. The highest BCUT2D eigenvalue weighted by atomic mass is 16.4. The molecule has 2 N–H and O–H groups in total. The number of carbonyl (C=O) groups is 3. The topological polar surface area (TPSA) is 86.7 Å². The third-order valence-electron chi connectivity index (χ3n) is 5.82. The van der Waals surface area contributed by atoms with Crippen molar-refractivity contribution in [2.24, 2.45) is 23.7 Å². The maximum Gasteiger partial charge on any atom is 0.307 e. The van der Waals surface area contributed by atoms with Crippen LogP contribution >= 0.6 is 0 Å². The number of benzene rings is 1. The molecule has 4 rings (SSSR count). The van der Waals surface area contributed by atoms with Crippen LogP contribution in [-0.2, 0) is 9.59 Å². The Bertz CT molecular complexity index is 782. The van der Waals surface area contributed by atoms with Gasteiger partial charge in [-0.2, -0.15) is 0 Å². The van der Waals surface area contributed by atoms with Gasteiger partial charge in [-0.3, -0.25) is 14.4 Å². The fourth-order valence-electron chi connectivity index (χ4n) is 4.57. The first kappa shape index (κ1) is 16.8. The van der Waals surface area contributed by atoms with Crippen LogP contribution in [-0.4, -0.2) is 40.9 Å². The number of likely N-dealkylation sites (tertiary alicyclic amines) is 1. The lowest BCUT2D eigenvalue weighted by Gasteiger charge is -2.24. The van der Waals surface area contributed by atoms with Crippen molar-refractivity contribution in [3.63, 3.8) is 0 Å². The number of hydrogen-bond acceptors (Lipinski definition) is 3. The van der Waals surface area contributed by atoms with Crippen LogP contribution < -0.4 is 5.32 Å². The van der Waals surface area contributed by atoms with Gasteiger partial charge in [-0.15, -0.1) is 0 Å². The Morgan fingerprint density at radius 1 is 1.04 bits per heavy atom. The van der Waals surface area contributed by atoms with Gasteiger partial charge in [0, 0.05) is 24.3 Å². The number of aliphatic carboxylic acids is 1. The molecule has 1 aromatic rings. The van der Waals surface area contributed by atoms with Crippen LogP contribution in [0.2, 0.25) is 0 Å². The number of fused-ring (bicyclic) bond motifs is 2. The number of allylic oxidation sites excluding steroid dienone is 2. The number of carboxylic acid groups (broad SMARTS) is 1. The van der Waals surface area contributed by atoms with E-state index in [1.54, 1.807) is 24.3 Å². The van der Waals surface area contributed by atoms with Gasteiger partial charge in [0.2, 0.25) is 5.91 Å². The van der Waals surface area contributed by atoms with Crippen LogP contribution in [0.3, 0.4) is 0 Å². The quantitative estimate of drug-likeness (QED) is 0.813. The third kappa shape index (κ3) is 2.89. The van der Waals surface area contributed by atoms with Gasteiger partial charge < -0.3 is 15.3 Å². The highest BCUT2D eigenvalue weighted by molar-refractivity contribution is 5.99. The molecule has 6 heteroatoms. The third-order valence-corrected chi connectivity index (χ3v) is 5.82. The fraction of sp³-hybridized carbons (Fsp3) is 0.450. The number of carbonyl (C=O) groups excluding carboxylic acids is 2. The van der Waals surface area contributed by atoms with Crippen molar-refractivity contribution in [2.75, 3.05) is 18.4 Å². The van der Waals surface area contributed by atoms with Crippen molar-refractivity contribution >= 4 is 23.5 Å². The molecule has 1 saturated heterocycles. The molecule has 3 aliphatic rings. The number of nitrogens with zero attached hydrogens (tertiary/aromatic N) is 1. The average molecular weight is 354 g/mol. The van der Waals surface area contributed by atoms with Gasteiger partial charge in [-0.25, -0.2) is 0 Å². The average Bonchev–Trinajstić information content (AvgIpc) is 3.37. The second kappa shape index (κ2) is 6.59. The van der Waals surface area contributed by atoms with Crippen LogP contribution in [0.4, 0.5) is 5.69 Å². The summed E-state index contributed by atoms with van der Waals surface area (Å²) in [6.45, 7) is 1.54. The Kier molecular flexibility index (Phi) is 4.26. The lowest BCUT2D eigenvalue weighted by molar-refractivity contribution is -0.146. The Labute approximate surface area is 151 Å². The van der Waals surface area contributed by atoms with E-state index in [0.717, 1.165) is 32.4 Å². The molecule has 1 heterocycles. The van der Waals surface area contributed by atoms with Crippen LogP contribution in [0.5, 0.6) is 0 Å². The molecule has 4 atom stereocenters. The molecule has 26 heavy (non-hydrogen) atoms. The zero-order chi connectivity index (χ0) is 18.3. The predicted molar refractivity (Wildman–Crippen MR) is 95.6 cm³/mol. The maximum absolute atomic E-state index is 12.8. The second-order valence-electron chi connectivity index (χ2n) is 7.41. The first-order valence-electron chi connectivity index (χ1n) is 9.16. The van der Waals surface area contributed by atoms with Crippen molar-refractivity contribution in [2.45, 2.75) is 19.3 Å². The van der Waals surface area contributed by atoms with Crippen molar-refractivity contribution < 1.29 is 19.5 Å². The van der Waals surface area contributed by atoms with Gasteiger partial charge in [-0.1, -0.05) is 18.2 Å². The van der Waals surface area contributed by atoms with Crippen molar-refractivity contribution in [3.05, 3.63) is 42.0 Å². The molecule has 2 amide bonds. The first-order chi connectivity index (χ1) is 12.5. The molecule has 2 aliphatic carbocycles. The van der Waals surface area contributed by atoms with Gasteiger partial charge in [0.25, 0.3) is 5.91 Å². The van der Waals surface area contributed by atoms with E-state index in [4.69, 9.17) is 0 Å². The minimum absolute atomic E-state index is 0.0180. The van der Waals surface area contributed by atoms with E-state index in [-0.39, 0.29) is 23.7 Å². The minimum atomic E-state index is -0.917. The lowest BCUT2D eigenvalue weighted by atomic mass is 9.82. The summed E-state index contributed by atoms with van der Waals surface area (Å²) < 4.78 is 0. The molecule has 1 aliphatic heterocycles. The fourth-order valence-corrected chi connectivity index (χ4v) is 4.57. The Morgan fingerprint density at radius 2 is 1.73 bits per heavy atom. The number of carboxylic acids is 1. The normalized spacial score (nSPS) is 29.2. The summed E-state index contributed by atoms with van der Waals surface area (Å²) >= 11 is 0. The smallest absolute Gasteiger partial charge is 0.307 e. The van der Waals surface area contributed by atoms with E-state index in [1.807, 2.05) is 17.1 Å². The standard InChI is InChI=1S/C20H22N2O4/c23-18(16-12-6-7-13(10-12)17(16)20(25)26)21-15-5-3-4-14(11-15)19(24)22-8-1-2-9-22/h3-7,11-13,16-17H,1-2,8-10H2,(H,21,23)(H,25,26)/t12-,13-,16+,17+/m0/s1. The monoisotopic (exact) mass is 354 g/mol. The molecular formula is C20H22N2O4.